The van der Waals surface area contributed by atoms with Crippen LogP contribution in [0.25, 0.3) is 5.82 Å². The molecule has 1 fully saturated rings. The van der Waals surface area contributed by atoms with E-state index in [1.807, 2.05) is 6.07 Å². The van der Waals surface area contributed by atoms with Crippen molar-refractivity contribution in [3.05, 3.63) is 36.5 Å². The lowest BCUT2D eigenvalue weighted by Crippen LogP contribution is -2.42. The number of nitrogens with zero attached hydrogens (tertiary/aromatic N) is 4. The molecule has 1 atom stereocenters. The SMILES string of the molecule is O=C(NCc1cccnc1-n1cncn1)N[C@H]1CCS(=O)(=O)C1. The Morgan fingerprint density at radius 2 is 2.30 bits per heavy atom. The molecule has 1 aliphatic heterocycles. The summed E-state index contributed by atoms with van der Waals surface area (Å²) in [6.45, 7) is 0.244. The van der Waals surface area contributed by atoms with Crippen molar-refractivity contribution in [2.24, 2.45) is 0 Å². The van der Waals surface area contributed by atoms with Crippen molar-refractivity contribution in [1.82, 2.24) is 30.4 Å². The molecule has 9 nitrogen and oxygen atoms in total. The molecule has 1 saturated heterocycles. The van der Waals surface area contributed by atoms with Gasteiger partial charge in [0.1, 0.15) is 12.7 Å². The highest BCUT2D eigenvalue weighted by Crippen LogP contribution is 2.11. The maximum atomic E-state index is 11.9. The largest absolute Gasteiger partial charge is 0.334 e. The summed E-state index contributed by atoms with van der Waals surface area (Å²) in [5.41, 5.74) is 0.771. The molecule has 2 N–H and O–H groups in total. The maximum absolute atomic E-state index is 11.9. The molecular weight excluding hydrogens is 320 g/mol. The minimum absolute atomic E-state index is 0.00246. The molecule has 122 valence electrons. The number of pyridine rings is 1. The third-order valence-corrected chi connectivity index (χ3v) is 5.28. The highest BCUT2D eigenvalue weighted by molar-refractivity contribution is 7.91. The molecule has 23 heavy (non-hydrogen) atoms. The van der Waals surface area contributed by atoms with Crippen LogP contribution in [-0.4, -0.2) is 51.7 Å². The Morgan fingerprint density at radius 3 is 3.00 bits per heavy atom. The quantitative estimate of drug-likeness (QED) is 0.787. The zero-order valence-electron chi connectivity index (χ0n) is 12.2. The fourth-order valence-corrected chi connectivity index (χ4v) is 4.09. The van der Waals surface area contributed by atoms with E-state index in [0.717, 1.165) is 5.56 Å². The van der Waals surface area contributed by atoms with Crippen molar-refractivity contribution in [2.75, 3.05) is 11.5 Å². The molecule has 3 heterocycles. The first kappa shape index (κ1) is 15.4. The summed E-state index contributed by atoms with van der Waals surface area (Å²) in [5, 5.41) is 9.41. The Kier molecular flexibility index (Phi) is 4.24. The Hall–Kier alpha value is -2.49. The standard InChI is InChI=1S/C13H16N6O3S/c20-13(18-11-3-5-23(21,22)7-11)16-6-10-2-1-4-15-12(10)19-9-14-8-17-19/h1-2,4,8-9,11H,3,5-7H2,(H2,16,18,20)/t11-/m0/s1. The molecule has 0 aromatic carbocycles. The zero-order chi connectivity index (χ0) is 16.3. The van der Waals surface area contributed by atoms with Crippen LogP contribution in [0.15, 0.2) is 31.0 Å². The lowest BCUT2D eigenvalue weighted by Gasteiger charge is -2.13. The van der Waals surface area contributed by atoms with Gasteiger partial charge in [0.2, 0.25) is 0 Å². The highest BCUT2D eigenvalue weighted by Gasteiger charge is 2.28. The number of urea groups is 1. The fraction of sp³-hybridized carbons (Fsp3) is 0.385. The third kappa shape index (κ3) is 3.83. The molecule has 0 aliphatic carbocycles. The number of carbonyl (C=O) groups is 1. The number of hydrogen-bond donors (Lipinski definition) is 2. The lowest BCUT2D eigenvalue weighted by molar-refractivity contribution is 0.237. The van der Waals surface area contributed by atoms with Gasteiger partial charge >= 0.3 is 6.03 Å². The summed E-state index contributed by atoms with van der Waals surface area (Å²) in [4.78, 5) is 20.0. The molecule has 0 bridgehead atoms. The van der Waals surface area contributed by atoms with Crippen LogP contribution in [0.4, 0.5) is 4.79 Å². The summed E-state index contributed by atoms with van der Waals surface area (Å²) in [6, 6.07) is 2.85. The van der Waals surface area contributed by atoms with Crippen molar-refractivity contribution in [3.8, 4) is 5.82 Å². The van der Waals surface area contributed by atoms with E-state index in [1.54, 1.807) is 12.3 Å². The summed E-state index contributed by atoms with van der Waals surface area (Å²) in [6.07, 6.45) is 5.01. The minimum Gasteiger partial charge on any atom is -0.334 e. The van der Waals surface area contributed by atoms with Crippen molar-refractivity contribution >= 4 is 15.9 Å². The first-order chi connectivity index (χ1) is 11.0. The Morgan fingerprint density at radius 1 is 1.43 bits per heavy atom. The molecule has 2 aromatic heterocycles. The molecule has 0 spiro atoms. The van der Waals surface area contributed by atoms with Crippen LogP contribution >= 0.6 is 0 Å². The van der Waals surface area contributed by atoms with Gasteiger partial charge in [0, 0.05) is 24.3 Å². The van der Waals surface area contributed by atoms with E-state index in [0.29, 0.717) is 12.2 Å². The monoisotopic (exact) mass is 336 g/mol. The van der Waals surface area contributed by atoms with Crippen LogP contribution in [0.5, 0.6) is 0 Å². The molecule has 2 aromatic rings. The smallest absolute Gasteiger partial charge is 0.315 e. The van der Waals surface area contributed by atoms with E-state index in [4.69, 9.17) is 0 Å². The van der Waals surface area contributed by atoms with E-state index < -0.39 is 15.9 Å². The maximum Gasteiger partial charge on any atom is 0.315 e. The van der Waals surface area contributed by atoms with Crippen LogP contribution in [0.1, 0.15) is 12.0 Å². The van der Waals surface area contributed by atoms with Crippen LogP contribution in [0.2, 0.25) is 0 Å². The van der Waals surface area contributed by atoms with Crippen LogP contribution in [-0.2, 0) is 16.4 Å². The van der Waals surface area contributed by atoms with Crippen molar-refractivity contribution in [2.45, 2.75) is 19.0 Å². The molecule has 2 amide bonds. The van der Waals surface area contributed by atoms with Gasteiger partial charge < -0.3 is 10.6 Å². The van der Waals surface area contributed by atoms with Gasteiger partial charge in [0.05, 0.1) is 11.5 Å². The number of amides is 2. The number of carbonyl (C=O) groups excluding carboxylic acids is 1. The van der Waals surface area contributed by atoms with Crippen molar-refractivity contribution in [3.63, 3.8) is 0 Å². The molecular formula is C13H16N6O3S. The van der Waals surface area contributed by atoms with Crippen molar-refractivity contribution in [1.29, 1.82) is 0 Å². The molecule has 10 heteroatoms. The number of sulfone groups is 1. The lowest BCUT2D eigenvalue weighted by atomic mass is 10.2. The third-order valence-electron chi connectivity index (χ3n) is 3.51. The summed E-state index contributed by atoms with van der Waals surface area (Å²) < 4.78 is 24.3. The second kappa shape index (κ2) is 6.32. The van der Waals surface area contributed by atoms with E-state index in [1.165, 1.54) is 17.3 Å². The topological polar surface area (TPSA) is 119 Å². The van der Waals surface area contributed by atoms with Gasteiger partial charge in [-0.2, -0.15) is 5.10 Å². The van der Waals surface area contributed by atoms with E-state index in [2.05, 4.69) is 25.7 Å². The number of hydrogen-bond acceptors (Lipinski definition) is 6. The van der Waals surface area contributed by atoms with Gasteiger partial charge in [-0.25, -0.2) is 27.9 Å². The molecule has 0 saturated carbocycles. The number of aromatic nitrogens is 4. The van der Waals surface area contributed by atoms with Crippen LogP contribution < -0.4 is 10.6 Å². The molecule has 1 aliphatic rings. The normalized spacial score (nSPS) is 19.4. The van der Waals surface area contributed by atoms with Crippen molar-refractivity contribution < 1.29 is 13.2 Å². The Balaban J connectivity index is 1.60. The van der Waals surface area contributed by atoms with Gasteiger partial charge in [0.25, 0.3) is 0 Å². The van der Waals surface area contributed by atoms with Gasteiger partial charge in [-0.05, 0) is 12.5 Å². The molecule has 0 unspecified atom stereocenters. The Labute approximate surface area is 133 Å². The first-order valence-corrected chi connectivity index (χ1v) is 8.89. The second-order valence-corrected chi connectivity index (χ2v) is 7.48. The predicted molar refractivity (Wildman–Crippen MR) is 81.6 cm³/mol. The summed E-state index contributed by atoms with van der Waals surface area (Å²) in [7, 11) is -3.02. The van der Waals surface area contributed by atoms with E-state index >= 15 is 0 Å². The van der Waals surface area contributed by atoms with Gasteiger partial charge in [-0.1, -0.05) is 6.07 Å². The Bertz CT molecular complexity index is 790. The molecule has 0 radical (unpaired) electrons. The number of rotatable bonds is 4. The predicted octanol–water partition coefficient (Wildman–Crippen LogP) is -0.351. The highest BCUT2D eigenvalue weighted by atomic mass is 32.2. The van der Waals surface area contributed by atoms with Gasteiger partial charge in [-0.3, -0.25) is 0 Å². The average Bonchev–Trinajstić information content (AvgIpc) is 3.15. The van der Waals surface area contributed by atoms with Crippen LogP contribution in [0.3, 0.4) is 0 Å². The summed E-state index contributed by atoms with van der Waals surface area (Å²) >= 11 is 0. The minimum atomic E-state index is -3.02. The van der Waals surface area contributed by atoms with E-state index in [-0.39, 0.29) is 24.1 Å². The average molecular weight is 336 g/mol. The van der Waals surface area contributed by atoms with Gasteiger partial charge in [-0.15, -0.1) is 0 Å². The first-order valence-electron chi connectivity index (χ1n) is 7.07. The molecule has 3 rings (SSSR count). The van der Waals surface area contributed by atoms with Gasteiger partial charge in [0.15, 0.2) is 15.7 Å². The van der Waals surface area contributed by atoms with E-state index in [9.17, 15) is 13.2 Å². The number of nitrogens with one attached hydrogen (secondary N) is 2. The zero-order valence-corrected chi connectivity index (χ0v) is 13.0. The van der Waals surface area contributed by atoms with Crippen LogP contribution in [0, 0.1) is 0 Å². The summed E-state index contributed by atoms with van der Waals surface area (Å²) in [5.74, 6) is 0.697. The fourth-order valence-electron chi connectivity index (χ4n) is 2.41. The second-order valence-electron chi connectivity index (χ2n) is 5.25.